The number of hydrogen-bond acceptors (Lipinski definition) is 3. The van der Waals surface area contributed by atoms with E-state index in [9.17, 15) is 13.2 Å². The predicted octanol–water partition coefficient (Wildman–Crippen LogP) is 2.35. The van der Waals surface area contributed by atoms with Gasteiger partial charge in [0.2, 0.25) is 0 Å². The number of nitrogens with one attached hydrogen (secondary N) is 1. The maximum absolute atomic E-state index is 13.0. The van der Waals surface area contributed by atoms with E-state index in [1.54, 1.807) is 0 Å². The van der Waals surface area contributed by atoms with Crippen LogP contribution in [-0.4, -0.2) is 25.0 Å². The summed E-state index contributed by atoms with van der Waals surface area (Å²) in [5, 5.41) is 2.99. The molecule has 1 saturated heterocycles. The Morgan fingerprint density at radius 3 is 2.42 bits per heavy atom. The molecule has 1 unspecified atom stereocenters. The Balaban J connectivity index is 1.83. The zero-order valence-electron chi connectivity index (χ0n) is 10.8. The maximum Gasteiger partial charge on any atom is 0.194 e. The van der Waals surface area contributed by atoms with Gasteiger partial charge < -0.3 is 14.8 Å². The summed E-state index contributed by atoms with van der Waals surface area (Å²) in [5.74, 6) is -4.41. The fourth-order valence-electron chi connectivity index (χ4n) is 1.95. The van der Waals surface area contributed by atoms with Crippen LogP contribution in [0.4, 0.5) is 13.2 Å². The summed E-state index contributed by atoms with van der Waals surface area (Å²) in [4.78, 5) is 0. The molecule has 1 aromatic carbocycles. The van der Waals surface area contributed by atoms with Crippen molar-refractivity contribution < 1.29 is 22.6 Å². The fraction of sp³-hybridized carbons (Fsp3) is 0.538. The first-order valence-corrected chi connectivity index (χ1v) is 6.03. The van der Waals surface area contributed by atoms with Crippen molar-refractivity contribution in [2.24, 2.45) is 0 Å². The molecule has 106 valence electrons. The number of ether oxygens (including phenoxy) is 2. The van der Waals surface area contributed by atoms with Gasteiger partial charge in [-0.25, -0.2) is 13.2 Å². The Morgan fingerprint density at radius 1 is 1.26 bits per heavy atom. The molecule has 1 aliphatic rings. The van der Waals surface area contributed by atoms with Crippen LogP contribution in [0.1, 0.15) is 19.4 Å². The molecular formula is C13H16F3NO2. The van der Waals surface area contributed by atoms with E-state index in [2.05, 4.69) is 5.32 Å². The maximum atomic E-state index is 13.0. The number of hydrogen-bond donors (Lipinski definition) is 1. The summed E-state index contributed by atoms with van der Waals surface area (Å²) < 4.78 is 49.7. The van der Waals surface area contributed by atoms with E-state index >= 15 is 0 Å². The molecule has 0 amide bonds. The minimum atomic E-state index is -1.45. The van der Waals surface area contributed by atoms with E-state index in [1.807, 2.05) is 13.8 Å². The van der Waals surface area contributed by atoms with Gasteiger partial charge in [0.05, 0.1) is 12.7 Å². The molecule has 2 rings (SSSR count). The highest BCUT2D eigenvalue weighted by Gasteiger charge is 2.32. The molecule has 0 saturated carbocycles. The van der Waals surface area contributed by atoms with Crippen LogP contribution in [0.2, 0.25) is 0 Å². The highest BCUT2D eigenvalue weighted by molar-refractivity contribution is 5.19. The van der Waals surface area contributed by atoms with E-state index in [0.29, 0.717) is 18.7 Å². The first kappa shape index (κ1) is 14.3. The molecule has 3 nitrogen and oxygen atoms in total. The topological polar surface area (TPSA) is 30.5 Å². The molecule has 19 heavy (non-hydrogen) atoms. The quantitative estimate of drug-likeness (QED) is 0.856. The van der Waals surface area contributed by atoms with Crippen molar-refractivity contribution in [3.05, 3.63) is 35.1 Å². The molecule has 0 bridgehead atoms. The highest BCUT2D eigenvalue weighted by atomic mass is 19.2. The van der Waals surface area contributed by atoms with Gasteiger partial charge in [-0.05, 0) is 31.5 Å². The largest absolute Gasteiger partial charge is 0.348 e. The summed E-state index contributed by atoms with van der Waals surface area (Å²) in [6.07, 6.45) is -0.106. The van der Waals surface area contributed by atoms with E-state index < -0.39 is 23.2 Å². The average molecular weight is 275 g/mol. The Morgan fingerprint density at radius 2 is 1.89 bits per heavy atom. The van der Waals surface area contributed by atoms with Crippen molar-refractivity contribution >= 4 is 0 Å². The van der Waals surface area contributed by atoms with Crippen LogP contribution in [0.25, 0.3) is 0 Å². The number of benzene rings is 1. The minimum Gasteiger partial charge on any atom is -0.348 e. The molecule has 0 spiro atoms. The van der Waals surface area contributed by atoms with Crippen LogP contribution in [0.3, 0.4) is 0 Å². The van der Waals surface area contributed by atoms with E-state index in [-0.39, 0.29) is 12.6 Å². The third-order valence-electron chi connectivity index (χ3n) is 2.81. The molecule has 1 N–H and O–H groups in total. The van der Waals surface area contributed by atoms with Crippen molar-refractivity contribution in [3.8, 4) is 0 Å². The second-order valence-electron chi connectivity index (χ2n) is 4.96. The lowest BCUT2D eigenvalue weighted by molar-refractivity contribution is -0.137. The van der Waals surface area contributed by atoms with Crippen molar-refractivity contribution in [2.75, 3.05) is 13.2 Å². The molecular weight excluding hydrogens is 259 g/mol. The van der Waals surface area contributed by atoms with Gasteiger partial charge in [-0.1, -0.05) is 0 Å². The van der Waals surface area contributed by atoms with Crippen molar-refractivity contribution in [1.82, 2.24) is 5.32 Å². The lowest BCUT2D eigenvalue weighted by Crippen LogP contribution is -2.30. The SMILES string of the molecule is CC1(C)OCC(CNCc2cc(F)c(F)c(F)c2)O1. The zero-order valence-corrected chi connectivity index (χ0v) is 10.8. The molecule has 0 aromatic heterocycles. The average Bonchev–Trinajstić information content (AvgIpc) is 2.66. The van der Waals surface area contributed by atoms with Gasteiger partial charge in [0.1, 0.15) is 0 Å². The van der Waals surface area contributed by atoms with Gasteiger partial charge in [-0.3, -0.25) is 0 Å². The summed E-state index contributed by atoms with van der Waals surface area (Å²) in [6.45, 7) is 4.82. The second kappa shape index (κ2) is 5.48. The second-order valence-corrected chi connectivity index (χ2v) is 4.96. The van der Waals surface area contributed by atoms with Crippen LogP contribution in [0, 0.1) is 17.5 Å². The van der Waals surface area contributed by atoms with Gasteiger partial charge in [0.25, 0.3) is 0 Å². The number of rotatable bonds is 4. The van der Waals surface area contributed by atoms with Gasteiger partial charge in [0, 0.05) is 13.1 Å². The molecule has 6 heteroatoms. The van der Waals surface area contributed by atoms with Gasteiger partial charge in [0.15, 0.2) is 23.2 Å². The van der Waals surface area contributed by atoms with Crippen LogP contribution in [-0.2, 0) is 16.0 Å². The van der Waals surface area contributed by atoms with Crippen molar-refractivity contribution in [3.63, 3.8) is 0 Å². The third kappa shape index (κ3) is 3.68. The normalized spacial score (nSPS) is 21.8. The van der Waals surface area contributed by atoms with Gasteiger partial charge in [-0.2, -0.15) is 0 Å². The molecule has 0 radical (unpaired) electrons. The monoisotopic (exact) mass is 275 g/mol. The van der Waals surface area contributed by atoms with E-state index in [1.165, 1.54) is 0 Å². The van der Waals surface area contributed by atoms with Crippen LogP contribution in [0.15, 0.2) is 12.1 Å². The van der Waals surface area contributed by atoms with Gasteiger partial charge >= 0.3 is 0 Å². The van der Waals surface area contributed by atoms with Crippen LogP contribution < -0.4 is 5.32 Å². The number of halogens is 3. The Labute approximate surface area is 109 Å². The lowest BCUT2D eigenvalue weighted by atomic mass is 10.2. The fourth-order valence-corrected chi connectivity index (χ4v) is 1.95. The zero-order chi connectivity index (χ0) is 14.0. The first-order valence-electron chi connectivity index (χ1n) is 6.03. The summed E-state index contributed by atoms with van der Waals surface area (Å²) >= 11 is 0. The van der Waals surface area contributed by atoms with Crippen molar-refractivity contribution in [2.45, 2.75) is 32.3 Å². The Hall–Kier alpha value is -1.11. The van der Waals surface area contributed by atoms with E-state index in [0.717, 1.165) is 12.1 Å². The smallest absolute Gasteiger partial charge is 0.194 e. The Kier molecular flexibility index (Phi) is 4.13. The molecule has 1 heterocycles. The Bertz CT molecular complexity index is 442. The lowest BCUT2D eigenvalue weighted by Gasteiger charge is -2.17. The molecule has 1 fully saturated rings. The van der Waals surface area contributed by atoms with E-state index in [4.69, 9.17) is 9.47 Å². The molecule has 1 aromatic rings. The van der Waals surface area contributed by atoms with Crippen LogP contribution >= 0.6 is 0 Å². The first-order chi connectivity index (χ1) is 8.87. The summed E-state index contributed by atoms with van der Waals surface area (Å²) in [7, 11) is 0. The van der Waals surface area contributed by atoms with Crippen LogP contribution in [0.5, 0.6) is 0 Å². The minimum absolute atomic E-state index is 0.106. The highest BCUT2D eigenvalue weighted by Crippen LogP contribution is 2.21. The molecule has 1 aliphatic heterocycles. The summed E-state index contributed by atoms with van der Waals surface area (Å²) in [5.41, 5.74) is 0.342. The predicted molar refractivity (Wildman–Crippen MR) is 62.9 cm³/mol. The standard InChI is InChI=1S/C13H16F3NO2/c1-13(2)18-7-9(19-13)6-17-5-8-3-10(14)12(16)11(15)4-8/h3-4,9,17H,5-7H2,1-2H3. The van der Waals surface area contributed by atoms with Gasteiger partial charge in [-0.15, -0.1) is 0 Å². The summed E-state index contributed by atoms with van der Waals surface area (Å²) in [6, 6.07) is 1.95. The third-order valence-corrected chi connectivity index (χ3v) is 2.81. The molecule has 0 aliphatic carbocycles. The molecule has 1 atom stereocenters. The van der Waals surface area contributed by atoms with Crippen molar-refractivity contribution in [1.29, 1.82) is 0 Å².